The van der Waals surface area contributed by atoms with Gasteiger partial charge in [0.05, 0.1) is 6.04 Å². The third-order valence-corrected chi connectivity index (χ3v) is 4.14. The van der Waals surface area contributed by atoms with Crippen molar-refractivity contribution in [3.05, 3.63) is 35.4 Å². The second kappa shape index (κ2) is 6.89. The first kappa shape index (κ1) is 15.0. The lowest BCUT2D eigenvalue weighted by molar-refractivity contribution is -0.130. The van der Waals surface area contributed by atoms with Gasteiger partial charge >= 0.3 is 0 Å². The van der Waals surface area contributed by atoms with Crippen LogP contribution in [-0.2, 0) is 11.2 Å². The predicted molar refractivity (Wildman–Crippen MR) is 82.4 cm³/mol. The van der Waals surface area contributed by atoms with Crippen molar-refractivity contribution in [1.82, 2.24) is 10.2 Å². The standard InChI is InChI=1S/C17H26N2O/c1-4-7-8-15-17(20)19(6-3)16(18-15)14-11-9-13(5-2)10-12-14/h9-12,15-16,18H,4-8H2,1-3H3. The van der Waals surface area contributed by atoms with E-state index in [2.05, 4.69) is 50.4 Å². The molecule has 1 aromatic rings. The summed E-state index contributed by atoms with van der Waals surface area (Å²) in [5, 5.41) is 3.51. The quantitative estimate of drug-likeness (QED) is 0.863. The lowest BCUT2D eigenvalue weighted by atomic mass is 10.1. The molecule has 1 fully saturated rings. The molecule has 1 aliphatic heterocycles. The molecule has 110 valence electrons. The van der Waals surface area contributed by atoms with Gasteiger partial charge < -0.3 is 4.90 Å². The maximum absolute atomic E-state index is 12.4. The van der Waals surface area contributed by atoms with E-state index in [1.165, 1.54) is 11.1 Å². The second-order valence-corrected chi connectivity index (χ2v) is 5.48. The van der Waals surface area contributed by atoms with E-state index < -0.39 is 0 Å². The Labute approximate surface area is 122 Å². The summed E-state index contributed by atoms with van der Waals surface area (Å²) >= 11 is 0. The fraction of sp³-hybridized carbons (Fsp3) is 0.588. The number of nitrogens with one attached hydrogen (secondary N) is 1. The number of hydrogen-bond donors (Lipinski definition) is 1. The second-order valence-electron chi connectivity index (χ2n) is 5.48. The smallest absolute Gasteiger partial charge is 0.241 e. The third-order valence-electron chi connectivity index (χ3n) is 4.14. The minimum atomic E-state index is -0.00856. The van der Waals surface area contributed by atoms with Gasteiger partial charge in [-0.3, -0.25) is 10.1 Å². The van der Waals surface area contributed by atoms with E-state index in [1.54, 1.807) is 0 Å². The molecule has 1 amide bonds. The molecule has 3 heteroatoms. The van der Waals surface area contributed by atoms with Crippen LogP contribution in [0.4, 0.5) is 0 Å². The largest absolute Gasteiger partial charge is 0.322 e. The van der Waals surface area contributed by atoms with E-state index >= 15 is 0 Å². The van der Waals surface area contributed by atoms with Gasteiger partial charge in [-0.1, -0.05) is 51.0 Å². The third kappa shape index (κ3) is 3.04. The number of carbonyl (C=O) groups excluding carboxylic acids is 1. The van der Waals surface area contributed by atoms with Gasteiger partial charge in [-0.15, -0.1) is 0 Å². The van der Waals surface area contributed by atoms with Crippen molar-refractivity contribution in [3.8, 4) is 0 Å². The van der Waals surface area contributed by atoms with Gasteiger partial charge in [0.1, 0.15) is 6.17 Å². The molecule has 3 nitrogen and oxygen atoms in total. The van der Waals surface area contributed by atoms with Crippen molar-refractivity contribution in [1.29, 1.82) is 0 Å². The van der Waals surface area contributed by atoms with Gasteiger partial charge in [0, 0.05) is 6.54 Å². The van der Waals surface area contributed by atoms with Gasteiger partial charge in [0.15, 0.2) is 0 Å². The van der Waals surface area contributed by atoms with E-state index in [0.717, 1.165) is 32.2 Å². The molecule has 2 unspecified atom stereocenters. The van der Waals surface area contributed by atoms with Gasteiger partial charge in [-0.25, -0.2) is 0 Å². The Morgan fingerprint density at radius 1 is 1.15 bits per heavy atom. The predicted octanol–water partition coefficient (Wildman–Crippen LogP) is 3.26. The Balaban J connectivity index is 2.14. The number of carbonyl (C=O) groups is 1. The van der Waals surface area contributed by atoms with E-state index in [4.69, 9.17) is 0 Å². The molecule has 0 aromatic heterocycles. The summed E-state index contributed by atoms with van der Waals surface area (Å²) < 4.78 is 0. The summed E-state index contributed by atoms with van der Waals surface area (Å²) in [6, 6.07) is 8.61. The molecule has 0 radical (unpaired) electrons. The average molecular weight is 274 g/mol. The Hall–Kier alpha value is -1.35. The van der Waals surface area contributed by atoms with Crippen LogP contribution in [0.15, 0.2) is 24.3 Å². The number of nitrogens with zero attached hydrogens (tertiary/aromatic N) is 1. The number of unbranched alkanes of at least 4 members (excludes halogenated alkanes) is 1. The van der Waals surface area contributed by atoms with Gasteiger partial charge in [0.2, 0.25) is 5.91 Å². The van der Waals surface area contributed by atoms with Gasteiger partial charge in [0.25, 0.3) is 0 Å². The lowest BCUT2D eigenvalue weighted by Crippen LogP contribution is -2.30. The van der Waals surface area contributed by atoms with Crippen LogP contribution in [0.3, 0.4) is 0 Å². The van der Waals surface area contributed by atoms with Crippen molar-refractivity contribution >= 4 is 5.91 Å². The molecule has 20 heavy (non-hydrogen) atoms. The molecule has 1 N–H and O–H groups in total. The zero-order valence-corrected chi connectivity index (χ0v) is 12.9. The zero-order chi connectivity index (χ0) is 14.5. The van der Waals surface area contributed by atoms with Crippen LogP contribution in [0.5, 0.6) is 0 Å². The molecule has 0 spiro atoms. The van der Waals surface area contributed by atoms with Crippen LogP contribution in [0.1, 0.15) is 57.3 Å². The Morgan fingerprint density at radius 3 is 2.40 bits per heavy atom. The molecule has 0 bridgehead atoms. The maximum atomic E-state index is 12.4. The summed E-state index contributed by atoms with van der Waals surface area (Å²) in [5.41, 5.74) is 2.53. The van der Waals surface area contributed by atoms with Gasteiger partial charge in [-0.2, -0.15) is 0 Å². The molecule has 1 saturated heterocycles. The first-order chi connectivity index (χ1) is 9.71. The molecule has 2 rings (SSSR count). The highest BCUT2D eigenvalue weighted by molar-refractivity contribution is 5.84. The highest BCUT2D eigenvalue weighted by Gasteiger charge is 2.37. The van der Waals surface area contributed by atoms with Crippen LogP contribution >= 0.6 is 0 Å². The highest BCUT2D eigenvalue weighted by Crippen LogP contribution is 2.27. The van der Waals surface area contributed by atoms with Crippen molar-refractivity contribution in [2.45, 2.75) is 58.7 Å². The molecule has 1 aliphatic rings. The number of likely N-dealkylation sites (N-methyl/N-ethyl adjacent to an activating group) is 1. The first-order valence-corrected chi connectivity index (χ1v) is 7.86. The van der Waals surface area contributed by atoms with Crippen molar-refractivity contribution in [3.63, 3.8) is 0 Å². The molecule has 2 atom stereocenters. The van der Waals surface area contributed by atoms with Crippen LogP contribution in [0.2, 0.25) is 0 Å². The topological polar surface area (TPSA) is 32.3 Å². The summed E-state index contributed by atoms with van der Waals surface area (Å²) in [7, 11) is 0. The monoisotopic (exact) mass is 274 g/mol. The number of aryl methyl sites for hydroxylation is 1. The van der Waals surface area contributed by atoms with Crippen LogP contribution in [0.25, 0.3) is 0 Å². The SMILES string of the molecule is CCCCC1NC(c2ccc(CC)cc2)N(CC)C1=O. The fourth-order valence-electron chi connectivity index (χ4n) is 2.84. The van der Waals surface area contributed by atoms with E-state index in [-0.39, 0.29) is 18.1 Å². The minimum absolute atomic E-state index is 0.00856. The zero-order valence-electron chi connectivity index (χ0n) is 12.9. The van der Waals surface area contributed by atoms with Crippen LogP contribution < -0.4 is 5.32 Å². The molecule has 1 aromatic carbocycles. The average Bonchev–Trinajstić information content (AvgIpc) is 2.81. The Morgan fingerprint density at radius 2 is 1.85 bits per heavy atom. The van der Waals surface area contributed by atoms with Crippen LogP contribution in [-0.4, -0.2) is 23.4 Å². The molecular formula is C17H26N2O. The molecule has 0 aliphatic carbocycles. The molecule has 1 heterocycles. The fourth-order valence-corrected chi connectivity index (χ4v) is 2.84. The Bertz CT molecular complexity index is 441. The lowest BCUT2D eigenvalue weighted by Gasteiger charge is -2.23. The summed E-state index contributed by atoms with van der Waals surface area (Å²) in [4.78, 5) is 14.4. The van der Waals surface area contributed by atoms with Gasteiger partial charge in [-0.05, 0) is 30.9 Å². The maximum Gasteiger partial charge on any atom is 0.241 e. The number of amides is 1. The van der Waals surface area contributed by atoms with Crippen molar-refractivity contribution in [2.75, 3.05) is 6.54 Å². The normalized spacial score (nSPS) is 22.6. The summed E-state index contributed by atoms with van der Waals surface area (Å²) in [5.74, 6) is 0.255. The van der Waals surface area contributed by atoms with Crippen molar-refractivity contribution in [2.24, 2.45) is 0 Å². The van der Waals surface area contributed by atoms with E-state index in [0.29, 0.717) is 0 Å². The van der Waals surface area contributed by atoms with E-state index in [1.807, 2.05) is 4.90 Å². The molecular weight excluding hydrogens is 248 g/mol. The molecule has 0 saturated carbocycles. The summed E-state index contributed by atoms with van der Waals surface area (Å²) in [6.07, 6.45) is 4.26. The number of benzene rings is 1. The summed E-state index contributed by atoms with van der Waals surface area (Å²) in [6.45, 7) is 7.13. The van der Waals surface area contributed by atoms with Crippen LogP contribution in [0, 0.1) is 0 Å². The van der Waals surface area contributed by atoms with Crippen molar-refractivity contribution < 1.29 is 4.79 Å². The first-order valence-electron chi connectivity index (χ1n) is 7.86. The Kier molecular flexibility index (Phi) is 5.18. The van der Waals surface area contributed by atoms with E-state index in [9.17, 15) is 4.79 Å². The highest BCUT2D eigenvalue weighted by atomic mass is 16.2. The number of rotatable bonds is 6. The minimum Gasteiger partial charge on any atom is -0.322 e. The number of hydrogen-bond acceptors (Lipinski definition) is 2.